The van der Waals surface area contributed by atoms with Crippen LogP contribution < -0.4 is 15.0 Å². The lowest BCUT2D eigenvalue weighted by Crippen LogP contribution is -2.48. The topological polar surface area (TPSA) is 61.9 Å². The molecule has 0 bridgehead atoms. The number of hydrogen-bond acceptors (Lipinski definition) is 4. The molecular formula is C26H26ClN3O3. The molecule has 2 amide bonds. The first-order valence-corrected chi connectivity index (χ1v) is 11.3. The number of rotatable bonds is 6. The van der Waals surface area contributed by atoms with E-state index in [1.807, 2.05) is 60.4 Å². The minimum absolute atomic E-state index is 0.0831. The Kier molecular flexibility index (Phi) is 7.15. The van der Waals surface area contributed by atoms with Crippen LogP contribution in [-0.4, -0.2) is 49.5 Å². The van der Waals surface area contributed by atoms with Gasteiger partial charge in [0.05, 0.1) is 0 Å². The van der Waals surface area contributed by atoms with Crippen LogP contribution in [0.1, 0.15) is 15.9 Å². The third kappa shape index (κ3) is 5.84. The van der Waals surface area contributed by atoms with Crippen LogP contribution in [0.5, 0.6) is 5.75 Å². The molecule has 0 unspecified atom stereocenters. The minimum atomic E-state index is -0.235. The lowest BCUT2D eigenvalue weighted by molar-refractivity contribution is -0.118. The van der Waals surface area contributed by atoms with E-state index in [-0.39, 0.29) is 18.4 Å². The molecule has 1 N–H and O–H groups in total. The fourth-order valence-electron chi connectivity index (χ4n) is 3.78. The van der Waals surface area contributed by atoms with Gasteiger partial charge in [-0.25, -0.2) is 0 Å². The van der Waals surface area contributed by atoms with Crippen LogP contribution >= 0.6 is 11.6 Å². The number of nitrogens with one attached hydrogen (secondary N) is 1. The number of carbonyl (C=O) groups excluding carboxylic acids is 2. The van der Waals surface area contributed by atoms with Crippen LogP contribution in [0.15, 0.2) is 72.8 Å². The number of ether oxygens (including phenoxy) is 1. The van der Waals surface area contributed by atoms with E-state index in [9.17, 15) is 9.59 Å². The zero-order valence-corrected chi connectivity index (χ0v) is 19.2. The van der Waals surface area contributed by atoms with Gasteiger partial charge in [-0.1, -0.05) is 29.8 Å². The molecule has 1 fully saturated rings. The first-order valence-electron chi connectivity index (χ1n) is 10.9. The lowest BCUT2D eigenvalue weighted by atomic mass is 10.1. The van der Waals surface area contributed by atoms with Crippen molar-refractivity contribution in [2.45, 2.75) is 6.92 Å². The average molecular weight is 464 g/mol. The Hall–Kier alpha value is -3.51. The quantitative estimate of drug-likeness (QED) is 0.579. The monoisotopic (exact) mass is 463 g/mol. The highest BCUT2D eigenvalue weighted by atomic mass is 35.5. The summed E-state index contributed by atoms with van der Waals surface area (Å²) in [5.41, 5.74) is 3.54. The zero-order chi connectivity index (χ0) is 23.2. The summed E-state index contributed by atoms with van der Waals surface area (Å²) >= 11 is 5.85. The summed E-state index contributed by atoms with van der Waals surface area (Å²) in [5.74, 6) is 0.442. The number of amides is 2. The molecule has 7 heteroatoms. The maximum absolute atomic E-state index is 12.8. The predicted molar refractivity (Wildman–Crippen MR) is 131 cm³/mol. The minimum Gasteiger partial charge on any atom is -0.484 e. The summed E-state index contributed by atoms with van der Waals surface area (Å²) in [4.78, 5) is 29.1. The van der Waals surface area contributed by atoms with Gasteiger partial charge in [0, 0.05) is 48.1 Å². The molecule has 1 aliphatic heterocycles. The van der Waals surface area contributed by atoms with Gasteiger partial charge in [-0.3, -0.25) is 9.59 Å². The Morgan fingerprint density at radius 1 is 0.909 bits per heavy atom. The fourth-order valence-corrected chi connectivity index (χ4v) is 3.91. The highest BCUT2D eigenvalue weighted by Gasteiger charge is 2.23. The molecule has 0 saturated carbocycles. The molecule has 1 saturated heterocycles. The van der Waals surface area contributed by atoms with Gasteiger partial charge in [0.1, 0.15) is 5.75 Å². The van der Waals surface area contributed by atoms with Crippen molar-refractivity contribution in [3.63, 3.8) is 0 Å². The van der Waals surface area contributed by atoms with Gasteiger partial charge in [0.15, 0.2) is 6.61 Å². The number of benzene rings is 3. The normalized spacial score (nSPS) is 13.5. The Morgan fingerprint density at radius 2 is 1.58 bits per heavy atom. The van der Waals surface area contributed by atoms with E-state index >= 15 is 0 Å². The van der Waals surface area contributed by atoms with Crippen LogP contribution in [0.3, 0.4) is 0 Å². The third-order valence-electron chi connectivity index (χ3n) is 5.64. The number of nitrogens with zero attached hydrogens (tertiary/aromatic N) is 2. The number of carbonyl (C=O) groups is 2. The molecule has 4 rings (SSSR count). The summed E-state index contributed by atoms with van der Waals surface area (Å²) in [6.07, 6.45) is 0. The second-order valence-corrected chi connectivity index (χ2v) is 8.37. The van der Waals surface area contributed by atoms with Crippen molar-refractivity contribution in [1.82, 2.24) is 4.90 Å². The second-order valence-electron chi connectivity index (χ2n) is 7.93. The molecule has 1 heterocycles. The van der Waals surface area contributed by atoms with Crippen molar-refractivity contribution < 1.29 is 14.3 Å². The SMILES string of the molecule is Cc1ccccc1C(=O)N1CCN(c2ccc(NC(=O)COc3ccc(Cl)cc3)cc2)CC1. The summed E-state index contributed by atoms with van der Waals surface area (Å²) in [6.45, 7) is 4.76. The zero-order valence-electron chi connectivity index (χ0n) is 18.5. The van der Waals surface area contributed by atoms with E-state index < -0.39 is 0 Å². The van der Waals surface area contributed by atoms with Gasteiger partial charge in [-0.2, -0.15) is 0 Å². The van der Waals surface area contributed by atoms with Crippen molar-refractivity contribution in [3.05, 3.63) is 88.9 Å². The molecule has 33 heavy (non-hydrogen) atoms. The van der Waals surface area contributed by atoms with Crippen LogP contribution in [0.25, 0.3) is 0 Å². The number of anilines is 2. The lowest BCUT2D eigenvalue weighted by Gasteiger charge is -2.36. The van der Waals surface area contributed by atoms with E-state index in [1.165, 1.54) is 0 Å². The van der Waals surface area contributed by atoms with Gasteiger partial charge in [-0.15, -0.1) is 0 Å². The molecule has 170 valence electrons. The highest BCUT2D eigenvalue weighted by molar-refractivity contribution is 6.30. The largest absolute Gasteiger partial charge is 0.484 e. The van der Waals surface area contributed by atoms with Gasteiger partial charge < -0.3 is 19.9 Å². The average Bonchev–Trinajstić information content (AvgIpc) is 2.84. The van der Waals surface area contributed by atoms with E-state index in [4.69, 9.17) is 16.3 Å². The molecule has 0 spiro atoms. The molecular weight excluding hydrogens is 438 g/mol. The van der Waals surface area contributed by atoms with Gasteiger partial charge in [0.25, 0.3) is 11.8 Å². The van der Waals surface area contributed by atoms with Crippen LogP contribution in [0.4, 0.5) is 11.4 Å². The Bertz CT molecular complexity index is 1110. The summed E-state index contributed by atoms with van der Waals surface area (Å²) in [7, 11) is 0. The molecule has 6 nitrogen and oxygen atoms in total. The van der Waals surface area contributed by atoms with E-state index in [0.29, 0.717) is 29.5 Å². The van der Waals surface area contributed by atoms with Gasteiger partial charge >= 0.3 is 0 Å². The van der Waals surface area contributed by atoms with Crippen molar-refractivity contribution in [3.8, 4) is 5.75 Å². The maximum atomic E-state index is 12.8. The Morgan fingerprint density at radius 3 is 2.24 bits per heavy atom. The molecule has 3 aromatic carbocycles. The van der Waals surface area contributed by atoms with E-state index in [1.54, 1.807) is 24.3 Å². The molecule has 1 aliphatic rings. The fraction of sp³-hybridized carbons (Fsp3) is 0.231. The number of aryl methyl sites for hydroxylation is 1. The molecule has 3 aromatic rings. The first-order chi connectivity index (χ1) is 16.0. The number of halogens is 1. The summed E-state index contributed by atoms with van der Waals surface area (Å²) < 4.78 is 5.47. The highest BCUT2D eigenvalue weighted by Crippen LogP contribution is 2.21. The van der Waals surface area contributed by atoms with Crippen molar-refractivity contribution in [1.29, 1.82) is 0 Å². The number of piperazine rings is 1. The Balaban J connectivity index is 1.26. The van der Waals surface area contributed by atoms with Crippen LogP contribution in [0, 0.1) is 6.92 Å². The maximum Gasteiger partial charge on any atom is 0.262 e. The first kappa shape index (κ1) is 22.7. The summed E-state index contributed by atoms with van der Waals surface area (Å²) in [5, 5.41) is 3.45. The molecule has 0 radical (unpaired) electrons. The molecule has 0 aromatic heterocycles. The smallest absolute Gasteiger partial charge is 0.262 e. The Labute approximate surface area is 198 Å². The van der Waals surface area contributed by atoms with Crippen LogP contribution in [0.2, 0.25) is 5.02 Å². The summed E-state index contributed by atoms with van der Waals surface area (Å²) in [6, 6.07) is 22.3. The van der Waals surface area contributed by atoms with Crippen LogP contribution in [-0.2, 0) is 4.79 Å². The van der Waals surface area contributed by atoms with E-state index in [0.717, 1.165) is 29.9 Å². The number of hydrogen-bond donors (Lipinski definition) is 1. The van der Waals surface area contributed by atoms with Gasteiger partial charge in [0.2, 0.25) is 0 Å². The van der Waals surface area contributed by atoms with Gasteiger partial charge in [-0.05, 0) is 67.1 Å². The van der Waals surface area contributed by atoms with Crippen molar-refractivity contribution in [2.75, 3.05) is 43.0 Å². The third-order valence-corrected chi connectivity index (χ3v) is 5.89. The van der Waals surface area contributed by atoms with Crippen molar-refractivity contribution in [2.24, 2.45) is 0 Å². The van der Waals surface area contributed by atoms with E-state index in [2.05, 4.69) is 10.2 Å². The molecule has 0 aliphatic carbocycles. The standard InChI is InChI=1S/C26H26ClN3O3/c1-19-4-2-3-5-24(19)26(32)30-16-14-29(15-17-30)22-10-8-21(9-11-22)28-25(31)18-33-23-12-6-20(27)7-13-23/h2-13H,14-18H2,1H3,(H,28,31). The second kappa shape index (κ2) is 10.4. The predicted octanol–water partition coefficient (Wildman–Crippen LogP) is 4.63. The molecule has 0 atom stereocenters. The van der Waals surface area contributed by atoms with Crippen molar-refractivity contribution >= 4 is 34.8 Å².